The highest BCUT2D eigenvalue weighted by Gasteiger charge is 2.17. The van der Waals surface area contributed by atoms with Crippen molar-refractivity contribution in [2.75, 3.05) is 18.4 Å². The van der Waals surface area contributed by atoms with E-state index in [9.17, 15) is 0 Å². The van der Waals surface area contributed by atoms with Gasteiger partial charge in [-0.05, 0) is 55.5 Å². The zero-order chi connectivity index (χ0) is 14.5. The van der Waals surface area contributed by atoms with Crippen LogP contribution in [-0.2, 0) is 0 Å². The van der Waals surface area contributed by atoms with Gasteiger partial charge in [0.2, 0.25) is 0 Å². The van der Waals surface area contributed by atoms with Crippen LogP contribution in [0.25, 0.3) is 11.1 Å². The summed E-state index contributed by atoms with van der Waals surface area (Å²) < 4.78 is 0. The third-order valence-corrected chi connectivity index (χ3v) is 4.32. The van der Waals surface area contributed by atoms with Gasteiger partial charge in [0, 0.05) is 18.3 Å². The van der Waals surface area contributed by atoms with E-state index in [2.05, 4.69) is 72.2 Å². The van der Waals surface area contributed by atoms with Crippen LogP contribution in [0, 0.1) is 5.92 Å². The van der Waals surface area contributed by atoms with Crippen molar-refractivity contribution in [1.82, 2.24) is 5.32 Å². The summed E-state index contributed by atoms with van der Waals surface area (Å²) in [6.45, 7) is 4.51. The first-order chi connectivity index (χ1) is 10.3. The second-order valence-corrected chi connectivity index (χ2v) is 6.07. The van der Waals surface area contributed by atoms with Gasteiger partial charge in [-0.3, -0.25) is 0 Å². The van der Waals surface area contributed by atoms with Crippen LogP contribution in [-0.4, -0.2) is 19.1 Å². The largest absolute Gasteiger partial charge is 0.385 e. The molecule has 2 N–H and O–H groups in total. The van der Waals surface area contributed by atoms with Gasteiger partial charge in [-0.2, -0.15) is 0 Å². The summed E-state index contributed by atoms with van der Waals surface area (Å²) in [5.74, 6) is 0.787. The molecule has 0 saturated carbocycles. The number of piperidine rings is 1. The van der Waals surface area contributed by atoms with Crippen molar-refractivity contribution >= 4 is 5.69 Å². The normalized spacial score (nSPS) is 22.0. The number of benzene rings is 2. The van der Waals surface area contributed by atoms with Gasteiger partial charge < -0.3 is 10.6 Å². The van der Waals surface area contributed by atoms with Crippen LogP contribution in [0.2, 0.25) is 0 Å². The lowest BCUT2D eigenvalue weighted by Gasteiger charge is -2.28. The SMILES string of the molecule is CC1CC(CNc2ccc(-c3ccccc3)cc2)CCN1. The van der Waals surface area contributed by atoms with E-state index in [0.29, 0.717) is 6.04 Å². The lowest BCUT2D eigenvalue weighted by Crippen LogP contribution is -2.37. The molecule has 1 aliphatic heterocycles. The molecule has 2 atom stereocenters. The van der Waals surface area contributed by atoms with Gasteiger partial charge in [-0.25, -0.2) is 0 Å². The van der Waals surface area contributed by atoms with Crippen LogP contribution < -0.4 is 10.6 Å². The van der Waals surface area contributed by atoms with Crippen LogP contribution in [0.4, 0.5) is 5.69 Å². The molecule has 1 saturated heterocycles. The summed E-state index contributed by atoms with van der Waals surface area (Å²) in [4.78, 5) is 0. The van der Waals surface area contributed by atoms with E-state index >= 15 is 0 Å². The molecule has 0 radical (unpaired) electrons. The molecule has 0 bridgehead atoms. The zero-order valence-corrected chi connectivity index (χ0v) is 12.7. The molecule has 1 aliphatic rings. The monoisotopic (exact) mass is 280 g/mol. The van der Waals surface area contributed by atoms with Crippen LogP contribution in [0.3, 0.4) is 0 Å². The molecule has 0 aromatic heterocycles. The molecular formula is C19H24N2. The predicted molar refractivity (Wildman–Crippen MR) is 90.6 cm³/mol. The third kappa shape index (κ3) is 3.85. The summed E-state index contributed by atoms with van der Waals surface area (Å²) in [7, 11) is 0. The fraction of sp³-hybridized carbons (Fsp3) is 0.368. The quantitative estimate of drug-likeness (QED) is 0.879. The van der Waals surface area contributed by atoms with E-state index < -0.39 is 0 Å². The van der Waals surface area contributed by atoms with Gasteiger partial charge >= 0.3 is 0 Å². The maximum atomic E-state index is 3.59. The summed E-state index contributed by atoms with van der Waals surface area (Å²) in [5.41, 5.74) is 3.77. The molecule has 2 aromatic carbocycles. The van der Waals surface area contributed by atoms with Gasteiger partial charge in [0.1, 0.15) is 0 Å². The maximum Gasteiger partial charge on any atom is 0.0340 e. The molecule has 21 heavy (non-hydrogen) atoms. The van der Waals surface area contributed by atoms with Gasteiger partial charge in [0.05, 0.1) is 0 Å². The van der Waals surface area contributed by atoms with Gasteiger partial charge in [-0.15, -0.1) is 0 Å². The predicted octanol–water partition coefficient (Wildman–Crippen LogP) is 4.15. The Labute approximate surface area is 127 Å². The Kier molecular flexibility index (Phi) is 4.56. The standard InChI is InChI=1S/C19H24N2/c1-15-13-16(11-12-20-15)14-21-19-9-7-18(8-10-19)17-5-3-2-4-6-17/h2-10,15-16,20-21H,11-14H2,1H3. The van der Waals surface area contributed by atoms with Crippen molar-refractivity contribution in [1.29, 1.82) is 0 Å². The Morgan fingerprint density at radius 3 is 2.43 bits per heavy atom. The zero-order valence-electron chi connectivity index (χ0n) is 12.7. The number of nitrogens with one attached hydrogen (secondary N) is 2. The second-order valence-electron chi connectivity index (χ2n) is 6.07. The Morgan fingerprint density at radius 2 is 1.71 bits per heavy atom. The first-order valence-corrected chi connectivity index (χ1v) is 7.94. The van der Waals surface area contributed by atoms with Crippen molar-refractivity contribution in [2.45, 2.75) is 25.8 Å². The van der Waals surface area contributed by atoms with Crippen LogP contribution >= 0.6 is 0 Å². The smallest absolute Gasteiger partial charge is 0.0340 e. The molecule has 2 heteroatoms. The van der Waals surface area contributed by atoms with Crippen molar-refractivity contribution < 1.29 is 0 Å². The molecule has 3 rings (SSSR count). The highest BCUT2D eigenvalue weighted by Crippen LogP contribution is 2.22. The van der Waals surface area contributed by atoms with E-state index in [4.69, 9.17) is 0 Å². The number of anilines is 1. The Bertz CT molecular complexity index is 548. The number of rotatable bonds is 4. The molecule has 1 fully saturated rings. The summed E-state index contributed by atoms with van der Waals surface area (Å²) in [6.07, 6.45) is 2.55. The molecule has 1 heterocycles. The Hall–Kier alpha value is -1.80. The first-order valence-electron chi connectivity index (χ1n) is 7.94. The minimum atomic E-state index is 0.658. The third-order valence-electron chi connectivity index (χ3n) is 4.32. The van der Waals surface area contributed by atoms with Crippen LogP contribution in [0.15, 0.2) is 54.6 Å². The molecule has 2 nitrogen and oxygen atoms in total. The van der Waals surface area contributed by atoms with E-state index in [0.717, 1.165) is 19.0 Å². The van der Waals surface area contributed by atoms with Crippen LogP contribution in [0.1, 0.15) is 19.8 Å². The molecule has 110 valence electrons. The molecule has 0 spiro atoms. The van der Waals surface area contributed by atoms with Crippen LogP contribution in [0.5, 0.6) is 0 Å². The van der Waals surface area contributed by atoms with Crippen molar-refractivity contribution in [2.24, 2.45) is 5.92 Å². The van der Waals surface area contributed by atoms with Gasteiger partial charge in [0.15, 0.2) is 0 Å². The summed E-state index contributed by atoms with van der Waals surface area (Å²) >= 11 is 0. The molecule has 0 aliphatic carbocycles. The maximum absolute atomic E-state index is 3.59. The topological polar surface area (TPSA) is 24.1 Å². The first kappa shape index (κ1) is 14.2. The van der Waals surface area contributed by atoms with E-state index in [1.165, 1.54) is 29.7 Å². The van der Waals surface area contributed by atoms with E-state index in [-0.39, 0.29) is 0 Å². The number of hydrogen-bond acceptors (Lipinski definition) is 2. The van der Waals surface area contributed by atoms with Crippen molar-refractivity contribution in [3.8, 4) is 11.1 Å². The van der Waals surface area contributed by atoms with E-state index in [1.807, 2.05) is 0 Å². The molecule has 0 amide bonds. The van der Waals surface area contributed by atoms with Gasteiger partial charge in [-0.1, -0.05) is 42.5 Å². The molecule has 2 unspecified atom stereocenters. The Morgan fingerprint density at radius 1 is 1.00 bits per heavy atom. The number of hydrogen-bond donors (Lipinski definition) is 2. The fourth-order valence-electron chi connectivity index (χ4n) is 3.09. The lowest BCUT2D eigenvalue weighted by atomic mass is 9.93. The van der Waals surface area contributed by atoms with Crippen molar-refractivity contribution in [3.63, 3.8) is 0 Å². The highest BCUT2D eigenvalue weighted by molar-refractivity contribution is 5.65. The summed E-state index contributed by atoms with van der Waals surface area (Å²) in [6, 6.07) is 20.0. The van der Waals surface area contributed by atoms with E-state index in [1.54, 1.807) is 0 Å². The fourth-order valence-corrected chi connectivity index (χ4v) is 3.09. The minimum absolute atomic E-state index is 0.658. The lowest BCUT2D eigenvalue weighted by molar-refractivity contribution is 0.327. The summed E-state index contributed by atoms with van der Waals surface area (Å²) in [5, 5.41) is 7.09. The van der Waals surface area contributed by atoms with Crippen molar-refractivity contribution in [3.05, 3.63) is 54.6 Å². The highest BCUT2D eigenvalue weighted by atomic mass is 14.9. The van der Waals surface area contributed by atoms with Gasteiger partial charge in [0.25, 0.3) is 0 Å². The average molecular weight is 280 g/mol. The second kappa shape index (κ2) is 6.77. The minimum Gasteiger partial charge on any atom is -0.385 e. The molecular weight excluding hydrogens is 256 g/mol. The molecule has 2 aromatic rings. The average Bonchev–Trinajstić information content (AvgIpc) is 2.54. The Balaban J connectivity index is 1.57.